The Balaban J connectivity index is 1.99. The monoisotopic (exact) mass is 254 g/mol. The standard InChI is InChI=1S/C16H18N2O/c1-2-3-4-13-5-7-14(8-6-13)17-15-9-11-16(18-19)12-10-15/h5-12,17H,2-4H2,1H3. The third kappa shape index (κ3) is 3.91. The topological polar surface area (TPSA) is 41.5 Å². The number of nitrogens with zero attached hydrogens (tertiary/aromatic N) is 1. The van der Waals surface area contributed by atoms with Crippen molar-refractivity contribution >= 4 is 17.1 Å². The predicted molar refractivity (Wildman–Crippen MR) is 80.2 cm³/mol. The summed E-state index contributed by atoms with van der Waals surface area (Å²) in [5, 5.41) is 6.18. The van der Waals surface area contributed by atoms with Crippen LogP contribution in [0, 0.1) is 4.91 Å². The van der Waals surface area contributed by atoms with Crippen LogP contribution < -0.4 is 5.32 Å². The summed E-state index contributed by atoms with van der Waals surface area (Å²) in [6, 6.07) is 15.6. The molecule has 0 atom stereocenters. The number of hydrogen-bond acceptors (Lipinski definition) is 3. The predicted octanol–water partition coefficient (Wildman–Crippen LogP) is 5.17. The molecule has 98 valence electrons. The summed E-state index contributed by atoms with van der Waals surface area (Å²) in [5.41, 5.74) is 3.81. The summed E-state index contributed by atoms with van der Waals surface area (Å²) in [6.07, 6.45) is 3.58. The minimum absolute atomic E-state index is 0.445. The molecule has 1 N–H and O–H groups in total. The molecule has 0 aromatic heterocycles. The van der Waals surface area contributed by atoms with Gasteiger partial charge in [0.25, 0.3) is 0 Å². The van der Waals surface area contributed by atoms with Crippen molar-refractivity contribution in [3.05, 3.63) is 59.0 Å². The van der Waals surface area contributed by atoms with Crippen molar-refractivity contribution < 1.29 is 0 Å². The zero-order chi connectivity index (χ0) is 13.5. The van der Waals surface area contributed by atoms with Gasteiger partial charge in [-0.05, 0) is 60.0 Å². The zero-order valence-electron chi connectivity index (χ0n) is 11.1. The number of nitroso groups, excluding NO2 is 1. The summed E-state index contributed by atoms with van der Waals surface area (Å²) in [5.74, 6) is 0. The molecule has 0 fully saturated rings. The lowest BCUT2D eigenvalue weighted by Gasteiger charge is -2.07. The Hall–Kier alpha value is -2.16. The van der Waals surface area contributed by atoms with E-state index in [1.807, 2.05) is 12.1 Å². The number of anilines is 2. The summed E-state index contributed by atoms with van der Waals surface area (Å²) < 4.78 is 0. The Kier molecular flexibility index (Phi) is 4.67. The fourth-order valence-corrected chi connectivity index (χ4v) is 1.91. The third-order valence-corrected chi connectivity index (χ3v) is 3.03. The minimum Gasteiger partial charge on any atom is -0.356 e. The Morgan fingerprint density at radius 3 is 2.05 bits per heavy atom. The molecule has 3 heteroatoms. The van der Waals surface area contributed by atoms with Crippen molar-refractivity contribution in [2.24, 2.45) is 5.18 Å². The molecule has 19 heavy (non-hydrogen) atoms. The molecule has 0 saturated carbocycles. The largest absolute Gasteiger partial charge is 0.356 e. The van der Waals surface area contributed by atoms with E-state index in [1.165, 1.54) is 18.4 Å². The summed E-state index contributed by atoms with van der Waals surface area (Å²) >= 11 is 0. The highest BCUT2D eigenvalue weighted by Crippen LogP contribution is 2.20. The van der Waals surface area contributed by atoms with E-state index in [1.54, 1.807) is 12.1 Å². The SMILES string of the molecule is CCCCc1ccc(Nc2ccc(N=O)cc2)cc1. The lowest BCUT2D eigenvalue weighted by molar-refractivity contribution is 0.795. The molecule has 3 nitrogen and oxygen atoms in total. The van der Waals surface area contributed by atoms with Crippen molar-refractivity contribution in [2.45, 2.75) is 26.2 Å². The van der Waals surface area contributed by atoms with E-state index in [0.717, 1.165) is 17.8 Å². The van der Waals surface area contributed by atoms with E-state index in [-0.39, 0.29) is 0 Å². The van der Waals surface area contributed by atoms with Gasteiger partial charge in [0, 0.05) is 11.4 Å². The molecule has 0 heterocycles. The van der Waals surface area contributed by atoms with Crippen molar-refractivity contribution in [3.63, 3.8) is 0 Å². The van der Waals surface area contributed by atoms with Gasteiger partial charge in [0.1, 0.15) is 5.69 Å². The second-order valence-electron chi connectivity index (χ2n) is 4.56. The molecule has 0 bridgehead atoms. The molecular weight excluding hydrogens is 236 g/mol. The lowest BCUT2D eigenvalue weighted by Crippen LogP contribution is -1.90. The average Bonchev–Trinajstić information content (AvgIpc) is 2.47. The van der Waals surface area contributed by atoms with Crippen LogP contribution in [0.15, 0.2) is 53.7 Å². The van der Waals surface area contributed by atoms with Crippen molar-refractivity contribution in [3.8, 4) is 0 Å². The average molecular weight is 254 g/mol. The molecule has 2 aromatic rings. The smallest absolute Gasteiger partial charge is 0.108 e. The van der Waals surface area contributed by atoms with E-state index in [9.17, 15) is 4.91 Å². The van der Waals surface area contributed by atoms with Crippen LogP contribution >= 0.6 is 0 Å². The Bertz CT molecular complexity index is 517. The molecule has 0 aliphatic carbocycles. The van der Waals surface area contributed by atoms with E-state index >= 15 is 0 Å². The van der Waals surface area contributed by atoms with Gasteiger partial charge in [0.05, 0.1) is 0 Å². The van der Waals surface area contributed by atoms with Gasteiger partial charge in [-0.25, -0.2) is 0 Å². The normalized spacial score (nSPS) is 10.2. The van der Waals surface area contributed by atoms with Gasteiger partial charge in [0.2, 0.25) is 0 Å². The van der Waals surface area contributed by atoms with Crippen LogP contribution in [0.3, 0.4) is 0 Å². The fourth-order valence-electron chi connectivity index (χ4n) is 1.91. The summed E-state index contributed by atoms with van der Waals surface area (Å²) in [4.78, 5) is 10.3. The molecule has 0 aliphatic rings. The molecule has 0 unspecified atom stereocenters. The number of hydrogen-bond donors (Lipinski definition) is 1. The van der Waals surface area contributed by atoms with Crippen LogP contribution in [-0.2, 0) is 6.42 Å². The molecule has 0 radical (unpaired) electrons. The first kappa shape index (κ1) is 13.3. The number of unbranched alkanes of at least 4 members (excludes halogenated alkanes) is 1. The number of rotatable bonds is 6. The first-order valence-corrected chi connectivity index (χ1v) is 6.61. The second-order valence-corrected chi connectivity index (χ2v) is 4.56. The van der Waals surface area contributed by atoms with E-state index in [2.05, 4.69) is 41.7 Å². The Morgan fingerprint density at radius 2 is 1.53 bits per heavy atom. The van der Waals surface area contributed by atoms with Gasteiger partial charge in [0.15, 0.2) is 0 Å². The third-order valence-electron chi connectivity index (χ3n) is 3.03. The van der Waals surface area contributed by atoms with Crippen LogP contribution in [0.4, 0.5) is 17.1 Å². The zero-order valence-corrected chi connectivity index (χ0v) is 11.1. The molecule has 2 aromatic carbocycles. The van der Waals surface area contributed by atoms with Gasteiger partial charge in [-0.1, -0.05) is 25.5 Å². The van der Waals surface area contributed by atoms with Gasteiger partial charge < -0.3 is 5.32 Å². The Labute approximate surface area is 113 Å². The molecule has 0 aliphatic heterocycles. The maximum Gasteiger partial charge on any atom is 0.108 e. The second kappa shape index (κ2) is 6.69. The van der Waals surface area contributed by atoms with Gasteiger partial charge in [-0.15, -0.1) is 4.91 Å². The quantitative estimate of drug-likeness (QED) is 0.722. The van der Waals surface area contributed by atoms with E-state index in [0.29, 0.717) is 5.69 Å². The van der Waals surface area contributed by atoms with Crippen LogP contribution in [-0.4, -0.2) is 0 Å². The van der Waals surface area contributed by atoms with Crippen LogP contribution in [0.1, 0.15) is 25.3 Å². The highest BCUT2D eigenvalue weighted by Gasteiger charge is 1.97. The molecule has 0 saturated heterocycles. The fraction of sp³-hybridized carbons (Fsp3) is 0.250. The highest BCUT2D eigenvalue weighted by molar-refractivity contribution is 5.61. The summed E-state index contributed by atoms with van der Waals surface area (Å²) in [7, 11) is 0. The first-order chi connectivity index (χ1) is 9.31. The maximum absolute atomic E-state index is 10.3. The van der Waals surface area contributed by atoms with Crippen LogP contribution in [0.5, 0.6) is 0 Å². The maximum atomic E-state index is 10.3. The van der Waals surface area contributed by atoms with Crippen molar-refractivity contribution in [1.29, 1.82) is 0 Å². The van der Waals surface area contributed by atoms with Gasteiger partial charge in [-0.3, -0.25) is 0 Å². The molecule has 0 amide bonds. The summed E-state index contributed by atoms with van der Waals surface area (Å²) in [6.45, 7) is 2.20. The first-order valence-electron chi connectivity index (χ1n) is 6.61. The van der Waals surface area contributed by atoms with E-state index < -0.39 is 0 Å². The van der Waals surface area contributed by atoms with Crippen molar-refractivity contribution in [2.75, 3.05) is 5.32 Å². The Morgan fingerprint density at radius 1 is 0.947 bits per heavy atom. The lowest BCUT2D eigenvalue weighted by atomic mass is 10.1. The van der Waals surface area contributed by atoms with E-state index in [4.69, 9.17) is 0 Å². The van der Waals surface area contributed by atoms with Crippen LogP contribution in [0.2, 0.25) is 0 Å². The number of nitrogens with one attached hydrogen (secondary N) is 1. The highest BCUT2D eigenvalue weighted by atomic mass is 16.3. The van der Waals surface area contributed by atoms with Gasteiger partial charge in [-0.2, -0.15) is 0 Å². The molecule has 2 rings (SSSR count). The minimum atomic E-state index is 0.445. The molecular formula is C16H18N2O. The van der Waals surface area contributed by atoms with Crippen molar-refractivity contribution in [1.82, 2.24) is 0 Å². The number of aryl methyl sites for hydroxylation is 1. The number of benzene rings is 2. The van der Waals surface area contributed by atoms with Gasteiger partial charge >= 0.3 is 0 Å². The molecule has 0 spiro atoms. The van der Waals surface area contributed by atoms with Crippen LogP contribution in [0.25, 0.3) is 0 Å².